The van der Waals surface area contributed by atoms with Crippen LogP contribution >= 0.6 is 23.5 Å². The quantitative estimate of drug-likeness (QED) is 0.0847. The molecule has 0 spiro atoms. The molecule has 0 aliphatic carbocycles. The van der Waals surface area contributed by atoms with E-state index in [2.05, 4.69) is 10.6 Å². The number of carbonyl (C=O) groups excluding carboxylic acids is 2. The van der Waals surface area contributed by atoms with Crippen molar-refractivity contribution in [1.29, 1.82) is 0 Å². The number of nitrogens with zero attached hydrogens (tertiary/aromatic N) is 2. The van der Waals surface area contributed by atoms with Gasteiger partial charge in [-0.25, -0.2) is 16.8 Å². The smallest absolute Gasteiger partial charge is 0.249 e. The molecule has 8 rings (SSSR count). The van der Waals surface area contributed by atoms with Crippen molar-refractivity contribution in [3.05, 3.63) is 181 Å². The van der Waals surface area contributed by atoms with Crippen molar-refractivity contribution >= 4 is 55.4 Å². The molecular formula is C49H50N4O8S4. The normalized spacial score (nSPS) is 17.6. The molecule has 6 aromatic carbocycles. The average molecular weight is 951 g/mol. The Morgan fingerprint density at radius 3 is 1.22 bits per heavy atom. The maximum atomic E-state index is 13.4. The van der Waals surface area contributed by atoms with Gasteiger partial charge >= 0.3 is 0 Å². The molecule has 2 unspecified atom stereocenters. The van der Waals surface area contributed by atoms with Gasteiger partial charge in [-0.2, -0.15) is 8.61 Å². The van der Waals surface area contributed by atoms with Gasteiger partial charge in [-0.15, -0.1) is 23.5 Å². The molecule has 0 radical (unpaired) electrons. The Balaban J connectivity index is 0.000000194. The number of aliphatic hydroxyl groups excluding tert-OH is 2. The van der Waals surface area contributed by atoms with E-state index in [9.17, 15) is 36.6 Å². The number of sulfonamides is 2. The third kappa shape index (κ3) is 11.6. The Hall–Kier alpha value is -5.30. The molecule has 4 atom stereocenters. The van der Waals surface area contributed by atoms with Crippen molar-refractivity contribution in [1.82, 2.24) is 19.2 Å². The van der Waals surface area contributed by atoms with Crippen molar-refractivity contribution in [3.63, 3.8) is 0 Å². The summed E-state index contributed by atoms with van der Waals surface area (Å²) in [6, 6.07) is 50.4. The highest BCUT2D eigenvalue weighted by Crippen LogP contribution is 2.34. The van der Waals surface area contributed by atoms with Crippen LogP contribution in [0, 0.1) is 0 Å². The van der Waals surface area contributed by atoms with E-state index in [-0.39, 0.29) is 48.0 Å². The first-order valence-electron chi connectivity index (χ1n) is 21.0. The summed E-state index contributed by atoms with van der Waals surface area (Å²) in [5.41, 5.74) is 5.48. The predicted molar refractivity (Wildman–Crippen MR) is 257 cm³/mol. The minimum Gasteiger partial charge on any atom is -0.396 e. The largest absolute Gasteiger partial charge is 0.396 e. The second-order valence-electron chi connectivity index (χ2n) is 15.1. The molecule has 4 N–H and O–H groups in total. The molecule has 2 heterocycles. The van der Waals surface area contributed by atoms with Crippen molar-refractivity contribution in [2.45, 2.75) is 39.0 Å². The van der Waals surface area contributed by atoms with Gasteiger partial charge in [0.15, 0.2) is 0 Å². The highest BCUT2D eigenvalue weighted by Gasteiger charge is 2.42. The van der Waals surface area contributed by atoms with Crippen LogP contribution in [0.2, 0.25) is 0 Å². The van der Waals surface area contributed by atoms with E-state index in [1.165, 1.54) is 32.1 Å². The van der Waals surface area contributed by atoms with Crippen LogP contribution in [0.4, 0.5) is 0 Å². The van der Waals surface area contributed by atoms with Gasteiger partial charge < -0.3 is 20.8 Å². The fourth-order valence-corrected chi connectivity index (χ4v) is 13.7. The van der Waals surface area contributed by atoms with E-state index in [4.69, 9.17) is 0 Å². The number of aliphatic hydroxyl groups is 2. The summed E-state index contributed by atoms with van der Waals surface area (Å²) in [5.74, 6) is 0.258. The van der Waals surface area contributed by atoms with Crippen molar-refractivity contribution in [3.8, 4) is 22.3 Å². The van der Waals surface area contributed by atoms with Crippen molar-refractivity contribution in [2.75, 3.05) is 37.8 Å². The number of rotatable bonds is 15. The van der Waals surface area contributed by atoms with Crippen LogP contribution in [0.25, 0.3) is 22.3 Å². The third-order valence-electron chi connectivity index (χ3n) is 10.9. The number of amides is 2. The van der Waals surface area contributed by atoms with Gasteiger partial charge in [0.25, 0.3) is 0 Å². The molecule has 2 aliphatic heterocycles. The first-order chi connectivity index (χ1) is 31.5. The van der Waals surface area contributed by atoms with E-state index in [0.717, 1.165) is 33.4 Å². The van der Waals surface area contributed by atoms with E-state index in [1.807, 2.05) is 121 Å². The highest BCUT2D eigenvalue weighted by molar-refractivity contribution is 8.02. The van der Waals surface area contributed by atoms with Gasteiger partial charge in [0, 0.05) is 31.2 Å². The molecule has 2 fully saturated rings. The maximum Gasteiger partial charge on any atom is 0.249 e. The van der Waals surface area contributed by atoms with Crippen LogP contribution in [0.15, 0.2) is 180 Å². The Labute approximate surface area is 389 Å². The Morgan fingerprint density at radius 2 is 0.846 bits per heavy atom. The lowest BCUT2D eigenvalue weighted by atomic mass is 10.0. The molecule has 0 bridgehead atoms. The molecule has 12 nitrogen and oxygen atoms in total. The average Bonchev–Trinajstić information content (AvgIpc) is 4.08. The van der Waals surface area contributed by atoms with Crippen LogP contribution in [0.5, 0.6) is 0 Å². The monoisotopic (exact) mass is 950 g/mol. The van der Waals surface area contributed by atoms with Crippen LogP contribution in [-0.2, 0) is 29.6 Å². The Kier molecular flexibility index (Phi) is 16.3. The predicted octanol–water partition coefficient (Wildman–Crippen LogP) is 6.92. The summed E-state index contributed by atoms with van der Waals surface area (Å²) in [6.45, 7) is 0.149. The van der Waals surface area contributed by atoms with Gasteiger partial charge in [0.1, 0.15) is 10.7 Å². The van der Waals surface area contributed by atoms with Crippen LogP contribution < -0.4 is 10.6 Å². The number of thioether (sulfide) groups is 2. The number of carbonyl (C=O) groups is 2. The highest BCUT2D eigenvalue weighted by atomic mass is 32.2. The second kappa shape index (κ2) is 22.3. The summed E-state index contributed by atoms with van der Waals surface area (Å²) in [7, 11) is -7.69. The third-order valence-corrected chi connectivity index (χ3v) is 17.3. The maximum absolute atomic E-state index is 13.4. The summed E-state index contributed by atoms with van der Waals surface area (Å²) in [5, 5.41) is 23.2. The molecule has 2 saturated heterocycles. The van der Waals surface area contributed by atoms with E-state index >= 15 is 0 Å². The summed E-state index contributed by atoms with van der Waals surface area (Å²) >= 11 is 2.59. The topological polar surface area (TPSA) is 173 Å². The SMILES string of the molecule is O=C(N[C@@H](CO)c1ccccc1)C1SCCN1S(=O)(=O)c1ccc(-c2ccccc2)cc1.O=C(N[C@H](CCO)c1ccccc1)C1SCCN1S(=O)(=O)c1ccc(-c2ccccc2)cc1. The zero-order valence-corrected chi connectivity index (χ0v) is 38.6. The first-order valence-corrected chi connectivity index (χ1v) is 26.0. The zero-order chi connectivity index (χ0) is 45.8. The van der Waals surface area contributed by atoms with E-state index in [0.29, 0.717) is 17.9 Å². The zero-order valence-electron chi connectivity index (χ0n) is 35.3. The molecule has 65 heavy (non-hydrogen) atoms. The molecule has 0 aromatic heterocycles. The molecule has 16 heteroatoms. The van der Waals surface area contributed by atoms with Crippen molar-refractivity contribution in [2.24, 2.45) is 0 Å². The molecule has 6 aromatic rings. The van der Waals surface area contributed by atoms with E-state index in [1.54, 1.807) is 48.5 Å². The Morgan fingerprint density at radius 1 is 0.508 bits per heavy atom. The van der Waals surface area contributed by atoms with Crippen molar-refractivity contribution < 1.29 is 36.6 Å². The van der Waals surface area contributed by atoms with Crippen LogP contribution in [0.3, 0.4) is 0 Å². The van der Waals surface area contributed by atoms with Gasteiger partial charge in [-0.3, -0.25) is 9.59 Å². The fraction of sp³-hybridized carbons (Fsp3) is 0.224. The van der Waals surface area contributed by atoms with Gasteiger partial charge in [-0.05, 0) is 64.1 Å². The molecule has 0 saturated carbocycles. The summed E-state index contributed by atoms with van der Waals surface area (Å²) in [6.07, 6.45) is 0.348. The number of benzene rings is 6. The molecule has 2 aliphatic rings. The minimum atomic E-state index is -3.85. The molecule has 338 valence electrons. The standard InChI is InChI=1S/C25H26N2O4S2.C24H24N2O4S2/c28-17-15-23(21-9-5-2-6-10-21)26-24(29)25-27(16-18-32-25)33(30,31)22-13-11-20(12-14-22)19-7-3-1-4-8-19;27-17-22(20-9-5-2-6-10-20)25-23(28)24-26(15-16-31-24)32(29,30)21-13-11-19(12-14-21)18-7-3-1-4-8-18/h1-14,23,25,28H,15-18H2,(H,26,29);1-14,22,24,27H,15-17H2,(H,25,28)/t23-,25?;22-,24?/m10/s1. The molecular weight excluding hydrogens is 901 g/mol. The minimum absolute atomic E-state index is 0.0899. The molecule has 2 amide bonds. The second-order valence-corrected chi connectivity index (χ2v) is 21.3. The number of hydrogen-bond acceptors (Lipinski definition) is 10. The van der Waals surface area contributed by atoms with Crippen LogP contribution in [-0.4, -0.2) is 96.0 Å². The Bertz CT molecular complexity index is 2700. The van der Waals surface area contributed by atoms with Crippen LogP contribution in [0.1, 0.15) is 29.6 Å². The van der Waals surface area contributed by atoms with Gasteiger partial charge in [-0.1, -0.05) is 146 Å². The lowest BCUT2D eigenvalue weighted by Crippen LogP contribution is -2.46. The van der Waals surface area contributed by atoms with E-state index < -0.39 is 42.7 Å². The lowest BCUT2D eigenvalue weighted by molar-refractivity contribution is -0.123. The van der Waals surface area contributed by atoms with Gasteiger partial charge in [0.2, 0.25) is 31.9 Å². The lowest BCUT2D eigenvalue weighted by Gasteiger charge is -2.25. The summed E-state index contributed by atoms with van der Waals surface area (Å²) < 4.78 is 55.9. The summed E-state index contributed by atoms with van der Waals surface area (Å²) in [4.78, 5) is 26.4. The van der Waals surface area contributed by atoms with Gasteiger partial charge in [0.05, 0.1) is 28.5 Å². The number of nitrogens with one attached hydrogen (secondary N) is 2. The first kappa shape index (κ1) is 47.7. The fourth-order valence-electron chi connectivity index (χ4n) is 7.53. The number of hydrogen-bond donors (Lipinski definition) is 4.